The number of oxazole rings is 1. The van der Waals surface area contributed by atoms with Gasteiger partial charge in [-0.15, -0.1) is 0 Å². The standard InChI is InChI=1S/C28H26N4O3/c33-26(23-14-8-3-9-15-23)30-28-29-24(20-35-28)27(34)32-18-16-31(17-19-32)25(21-10-4-1-5-11-21)22-12-6-2-7-13-22/h1-15,20,25H,16-19H2,(H,29,30,33). The summed E-state index contributed by atoms with van der Waals surface area (Å²) in [7, 11) is 0. The lowest BCUT2D eigenvalue weighted by Gasteiger charge is -2.39. The van der Waals surface area contributed by atoms with Crippen LogP contribution in [-0.2, 0) is 0 Å². The van der Waals surface area contributed by atoms with E-state index in [1.165, 1.54) is 17.4 Å². The number of anilines is 1. The summed E-state index contributed by atoms with van der Waals surface area (Å²) in [5, 5.41) is 2.60. The third-order valence-electron chi connectivity index (χ3n) is 6.18. The summed E-state index contributed by atoms with van der Waals surface area (Å²) in [6.45, 7) is 2.62. The van der Waals surface area contributed by atoms with Crippen molar-refractivity contribution in [2.24, 2.45) is 0 Å². The van der Waals surface area contributed by atoms with E-state index in [9.17, 15) is 9.59 Å². The molecule has 7 nitrogen and oxygen atoms in total. The first-order chi connectivity index (χ1) is 17.2. The van der Waals surface area contributed by atoms with Crippen molar-refractivity contribution in [3.8, 4) is 0 Å². The molecule has 0 atom stereocenters. The lowest BCUT2D eigenvalue weighted by molar-refractivity contribution is 0.0591. The maximum absolute atomic E-state index is 13.1. The highest BCUT2D eigenvalue weighted by molar-refractivity contribution is 6.03. The monoisotopic (exact) mass is 466 g/mol. The van der Waals surface area contributed by atoms with Crippen molar-refractivity contribution in [3.63, 3.8) is 0 Å². The van der Waals surface area contributed by atoms with Crippen LogP contribution in [0.25, 0.3) is 0 Å². The SMILES string of the molecule is O=C(Nc1nc(C(=O)N2CCN(C(c3ccccc3)c3ccccc3)CC2)co1)c1ccccc1. The van der Waals surface area contributed by atoms with Crippen LogP contribution in [0.15, 0.2) is 102 Å². The van der Waals surface area contributed by atoms with E-state index in [-0.39, 0.29) is 29.6 Å². The molecule has 1 saturated heterocycles. The van der Waals surface area contributed by atoms with E-state index < -0.39 is 0 Å². The van der Waals surface area contributed by atoms with Crippen molar-refractivity contribution >= 4 is 17.8 Å². The van der Waals surface area contributed by atoms with Crippen molar-refractivity contribution in [2.75, 3.05) is 31.5 Å². The van der Waals surface area contributed by atoms with E-state index in [0.717, 1.165) is 13.1 Å². The number of hydrogen-bond acceptors (Lipinski definition) is 5. The first-order valence-electron chi connectivity index (χ1n) is 11.6. The molecule has 1 aliphatic rings. The van der Waals surface area contributed by atoms with Gasteiger partial charge in [-0.1, -0.05) is 78.9 Å². The van der Waals surface area contributed by atoms with Gasteiger partial charge >= 0.3 is 6.01 Å². The number of nitrogens with zero attached hydrogens (tertiary/aromatic N) is 3. The summed E-state index contributed by atoms with van der Waals surface area (Å²) in [6, 6.07) is 29.8. The van der Waals surface area contributed by atoms with Gasteiger partial charge in [0, 0.05) is 31.7 Å². The number of aromatic nitrogens is 1. The van der Waals surface area contributed by atoms with Crippen LogP contribution in [-0.4, -0.2) is 52.8 Å². The second-order valence-electron chi connectivity index (χ2n) is 8.41. The summed E-state index contributed by atoms with van der Waals surface area (Å²) < 4.78 is 5.34. The topological polar surface area (TPSA) is 78.7 Å². The molecule has 7 heteroatoms. The van der Waals surface area contributed by atoms with E-state index in [4.69, 9.17) is 4.42 Å². The van der Waals surface area contributed by atoms with Gasteiger partial charge in [0.05, 0.1) is 6.04 Å². The Kier molecular flexibility index (Phi) is 6.68. The fourth-order valence-electron chi connectivity index (χ4n) is 4.42. The van der Waals surface area contributed by atoms with E-state index in [2.05, 4.69) is 63.7 Å². The lowest BCUT2D eigenvalue weighted by atomic mass is 9.96. The summed E-state index contributed by atoms with van der Waals surface area (Å²) in [4.78, 5) is 33.8. The van der Waals surface area contributed by atoms with Crippen LogP contribution in [0.2, 0.25) is 0 Å². The van der Waals surface area contributed by atoms with E-state index >= 15 is 0 Å². The van der Waals surface area contributed by atoms with Gasteiger partial charge in [0.2, 0.25) is 0 Å². The van der Waals surface area contributed by atoms with Gasteiger partial charge in [0.15, 0.2) is 5.69 Å². The molecule has 0 bridgehead atoms. The zero-order valence-corrected chi connectivity index (χ0v) is 19.2. The molecule has 5 rings (SSSR count). The Morgan fingerprint density at radius 1 is 0.771 bits per heavy atom. The normalized spacial score (nSPS) is 14.1. The van der Waals surface area contributed by atoms with Gasteiger partial charge in [-0.05, 0) is 23.3 Å². The summed E-state index contributed by atoms with van der Waals surface area (Å²) in [6.07, 6.45) is 1.30. The molecule has 0 aliphatic carbocycles. The third kappa shape index (κ3) is 5.15. The summed E-state index contributed by atoms with van der Waals surface area (Å²) in [5.41, 5.74) is 3.13. The molecule has 1 aromatic heterocycles. The van der Waals surface area contributed by atoms with Crippen LogP contribution in [0, 0.1) is 0 Å². The predicted octanol–water partition coefficient (Wildman–Crippen LogP) is 4.47. The highest BCUT2D eigenvalue weighted by Crippen LogP contribution is 2.29. The van der Waals surface area contributed by atoms with Crippen molar-refractivity contribution < 1.29 is 14.0 Å². The van der Waals surface area contributed by atoms with Gasteiger partial charge in [-0.2, -0.15) is 4.98 Å². The Morgan fingerprint density at radius 2 is 1.31 bits per heavy atom. The van der Waals surface area contributed by atoms with Crippen LogP contribution >= 0.6 is 0 Å². The van der Waals surface area contributed by atoms with Gasteiger partial charge in [-0.25, -0.2) is 0 Å². The Hall–Kier alpha value is -4.23. The number of nitrogens with one attached hydrogen (secondary N) is 1. The van der Waals surface area contributed by atoms with Gasteiger partial charge in [-0.3, -0.25) is 19.8 Å². The van der Waals surface area contributed by atoms with E-state index in [0.29, 0.717) is 18.7 Å². The number of benzene rings is 3. The molecule has 0 unspecified atom stereocenters. The van der Waals surface area contributed by atoms with Crippen LogP contribution in [0.4, 0.5) is 6.01 Å². The van der Waals surface area contributed by atoms with E-state index in [1.807, 2.05) is 18.2 Å². The van der Waals surface area contributed by atoms with Crippen LogP contribution in [0.1, 0.15) is 38.0 Å². The minimum absolute atomic E-state index is 0.00839. The second-order valence-corrected chi connectivity index (χ2v) is 8.41. The number of carbonyl (C=O) groups is 2. The Balaban J connectivity index is 1.24. The molecule has 1 aliphatic heterocycles. The first kappa shape index (κ1) is 22.6. The van der Waals surface area contributed by atoms with Crippen molar-refractivity contribution in [1.82, 2.24) is 14.8 Å². The minimum atomic E-state index is -0.340. The molecule has 0 saturated carbocycles. The molecule has 1 N–H and O–H groups in total. The van der Waals surface area contributed by atoms with Crippen LogP contribution in [0.5, 0.6) is 0 Å². The van der Waals surface area contributed by atoms with Crippen LogP contribution < -0.4 is 5.32 Å². The largest absolute Gasteiger partial charge is 0.431 e. The highest BCUT2D eigenvalue weighted by Gasteiger charge is 2.29. The maximum Gasteiger partial charge on any atom is 0.302 e. The smallest absolute Gasteiger partial charge is 0.302 e. The Morgan fingerprint density at radius 3 is 1.89 bits per heavy atom. The second kappa shape index (κ2) is 10.4. The summed E-state index contributed by atoms with van der Waals surface area (Å²) >= 11 is 0. The Bertz CT molecular complexity index is 1230. The van der Waals surface area contributed by atoms with Gasteiger partial charge < -0.3 is 9.32 Å². The molecular formula is C28H26N4O3. The van der Waals surface area contributed by atoms with Gasteiger partial charge in [0.25, 0.3) is 11.8 Å². The number of rotatable bonds is 6. The fourth-order valence-corrected chi connectivity index (χ4v) is 4.42. The molecule has 176 valence electrons. The molecular weight excluding hydrogens is 440 g/mol. The molecule has 2 heterocycles. The van der Waals surface area contributed by atoms with Crippen molar-refractivity contribution in [2.45, 2.75) is 6.04 Å². The maximum atomic E-state index is 13.1. The average molecular weight is 467 g/mol. The zero-order chi connectivity index (χ0) is 24.0. The third-order valence-corrected chi connectivity index (χ3v) is 6.18. The number of amides is 2. The summed E-state index contributed by atoms with van der Waals surface area (Å²) in [5.74, 6) is -0.544. The molecule has 4 aromatic rings. The van der Waals surface area contributed by atoms with E-state index in [1.54, 1.807) is 29.2 Å². The molecule has 35 heavy (non-hydrogen) atoms. The highest BCUT2D eigenvalue weighted by atomic mass is 16.4. The molecule has 2 amide bonds. The zero-order valence-electron chi connectivity index (χ0n) is 19.2. The predicted molar refractivity (Wildman–Crippen MR) is 133 cm³/mol. The number of hydrogen-bond donors (Lipinski definition) is 1. The van der Waals surface area contributed by atoms with Crippen LogP contribution in [0.3, 0.4) is 0 Å². The molecule has 0 radical (unpaired) electrons. The molecule has 3 aromatic carbocycles. The lowest BCUT2D eigenvalue weighted by Crippen LogP contribution is -2.50. The minimum Gasteiger partial charge on any atom is -0.431 e. The molecule has 1 fully saturated rings. The van der Waals surface area contributed by atoms with Crippen molar-refractivity contribution in [3.05, 3.63) is 120 Å². The van der Waals surface area contributed by atoms with Crippen molar-refractivity contribution in [1.29, 1.82) is 0 Å². The quantitative estimate of drug-likeness (QED) is 0.454. The fraction of sp³-hybridized carbons (Fsp3) is 0.179. The average Bonchev–Trinajstić information content (AvgIpc) is 3.39. The number of carbonyl (C=O) groups excluding carboxylic acids is 2. The van der Waals surface area contributed by atoms with Gasteiger partial charge in [0.1, 0.15) is 6.26 Å². The molecule has 0 spiro atoms. The Labute approximate surface area is 204 Å². The number of piperazine rings is 1. The first-order valence-corrected chi connectivity index (χ1v) is 11.6.